The third-order valence-electron chi connectivity index (χ3n) is 4.22. The van der Waals surface area contributed by atoms with Gasteiger partial charge in [0.25, 0.3) is 11.8 Å². The van der Waals surface area contributed by atoms with Crippen LogP contribution in [0, 0.1) is 6.92 Å². The summed E-state index contributed by atoms with van der Waals surface area (Å²) in [5, 5.41) is 2.69. The van der Waals surface area contributed by atoms with Gasteiger partial charge in [-0.2, -0.15) is 0 Å². The Labute approximate surface area is 171 Å². The minimum atomic E-state index is -0.493. The molecule has 2 amide bonds. The Hall–Kier alpha value is -2.51. The third-order valence-corrected chi connectivity index (χ3v) is 5.00. The number of amides is 2. The largest absolute Gasteiger partial charge is 0.378 e. The molecule has 1 heterocycles. The fourth-order valence-corrected chi connectivity index (χ4v) is 3.53. The molecule has 138 valence electrons. The number of anilines is 2. The number of hydrogen-bond acceptors (Lipinski definition) is 4. The molecule has 27 heavy (non-hydrogen) atoms. The van der Waals surface area contributed by atoms with Gasteiger partial charge in [-0.05, 0) is 66.7 Å². The number of carbonyl (C=O) groups is 2. The summed E-state index contributed by atoms with van der Waals surface area (Å²) in [6.07, 6.45) is 1.58. The third kappa shape index (κ3) is 3.94. The number of thiocarbonyl (C=S) groups is 1. The average Bonchev–Trinajstić information content (AvgIpc) is 2.60. The van der Waals surface area contributed by atoms with Gasteiger partial charge < -0.3 is 4.90 Å². The second-order valence-electron chi connectivity index (χ2n) is 6.37. The molecular formula is C20H18BrN3O2S. The molecule has 1 aliphatic heterocycles. The maximum absolute atomic E-state index is 13.1. The highest BCUT2D eigenvalue weighted by Crippen LogP contribution is 2.27. The van der Waals surface area contributed by atoms with Crippen molar-refractivity contribution in [2.75, 3.05) is 23.9 Å². The lowest BCUT2D eigenvalue weighted by molar-refractivity contribution is -0.122. The predicted octanol–water partition coefficient (Wildman–Crippen LogP) is 3.65. The number of aryl methyl sites for hydroxylation is 1. The Kier molecular flexibility index (Phi) is 5.43. The standard InChI is InChI=1S/C20H18BrN3O2S/c1-12-10-14(21)6-9-17(12)24-19(26)16(18(25)22-20(24)27)11-13-4-7-15(8-5-13)23(2)3/h4-11H,1-3H3,(H,22,25,27)/b16-11+. The van der Waals surface area contributed by atoms with Crippen LogP contribution in [-0.2, 0) is 9.59 Å². The van der Waals surface area contributed by atoms with E-state index < -0.39 is 11.8 Å². The first-order valence-corrected chi connectivity index (χ1v) is 9.43. The fraction of sp³-hybridized carbons (Fsp3) is 0.150. The lowest BCUT2D eigenvalue weighted by Crippen LogP contribution is -2.54. The maximum atomic E-state index is 13.1. The molecule has 2 aromatic carbocycles. The zero-order valence-electron chi connectivity index (χ0n) is 15.1. The van der Waals surface area contributed by atoms with Gasteiger partial charge in [-0.15, -0.1) is 0 Å². The Bertz CT molecular complexity index is 968. The molecule has 2 aromatic rings. The number of nitrogens with zero attached hydrogens (tertiary/aromatic N) is 2. The van der Waals surface area contributed by atoms with Crippen molar-refractivity contribution in [3.63, 3.8) is 0 Å². The highest BCUT2D eigenvalue weighted by molar-refractivity contribution is 9.10. The van der Waals surface area contributed by atoms with E-state index in [4.69, 9.17) is 12.2 Å². The topological polar surface area (TPSA) is 52.7 Å². The van der Waals surface area contributed by atoms with Crippen LogP contribution in [0.25, 0.3) is 6.08 Å². The Morgan fingerprint density at radius 2 is 1.78 bits per heavy atom. The first-order chi connectivity index (χ1) is 12.8. The molecule has 1 fully saturated rings. The highest BCUT2D eigenvalue weighted by Gasteiger charge is 2.35. The maximum Gasteiger partial charge on any atom is 0.270 e. The smallest absolute Gasteiger partial charge is 0.270 e. The zero-order chi connectivity index (χ0) is 19.7. The number of carbonyl (C=O) groups excluding carboxylic acids is 2. The van der Waals surface area contributed by atoms with Crippen molar-refractivity contribution < 1.29 is 9.59 Å². The zero-order valence-corrected chi connectivity index (χ0v) is 17.5. The van der Waals surface area contributed by atoms with Crippen molar-refractivity contribution in [2.24, 2.45) is 0 Å². The average molecular weight is 444 g/mol. The predicted molar refractivity (Wildman–Crippen MR) is 116 cm³/mol. The summed E-state index contributed by atoms with van der Waals surface area (Å²) in [6.45, 7) is 1.88. The van der Waals surface area contributed by atoms with Crippen molar-refractivity contribution >= 4 is 62.5 Å². The van der Waals surface area contributed by atoms with Crippen LogP contribution in [-0.4, -0.2) is 31.0 Å². The molecule has 3 rings (SSSR count). The molecule has 5 nitrogen and oxygen atoms in total. The van der Waals surface area contributed by atoms with Gasteiger partial charge in [-0.25, -0.2) is 0 Å². The normalized spacial score (nSPS) is 15.9. The number of rotatable bonds is 3. The molecule has 0 radical (unpaired) electrons. The van der Waals surface area contributed by atoms with E-state index in [-0.39, 0.29) is 10.7 Å². The van der Waals surface area contributed by atoms with Crippen LogP contribution in [0.5, 0.6) is 0 Å². The summed E-state index contributed by atoms with van der Waals surface area (Å²) in [4.78, 5) is 28.8. The monoisotopic (exact) mass is 443 g/mol. The van der Waals surface area contributed by atoms with E-state index >= 15 is 0 Å². The van der Waals surface area contributed by atoms with Crippen LogP contribution in [0.1, 0.15) is 11.1 Å². The van der Waals surface area contributed by atoms with Gasteiger partial charge in [0.1, 0.15) is 5.57 Å². The quantitative estimate of drug-likeness (QED) is 0.446. The van der Waals surface area contributed by atoms with Crippen LogP contribution >= 0.6 is 28.1 Å². The summed E-state index contributed by atoms with van der Waals surface area (Å²) >= 11 is 8.66. The summed E-state index contributed by atoms with van der Waals surface area (Å²) in [7, 11) is 3.90. The lowest BCUT2D eigenvalue weighted by Gasteiger charge is -2.30. The molecule has 0 aromatic heterocycles. The summed E-state index contributed by atoms with van der Waals surface area (Å²) in [6, 6.07) is 13.1. The molecule has 0 atom stereocenters. The fourth-order valence-electron chi connectivity index (χ4n) is 2.78. The number of halogens is 1. The molecule has 0 bridgehead atoms. The number of hydrogen-bond donors (Lipinski definition) is 1. The molecule has 1 saturated heterocycles. The van der Waals surface area contributed by atoms with E-state index in [2.05, 4.69) is 21.2 Å². The van der Waals surface area contributed by atoms with E-state index in [1.807, 2.05) is 62.3 Å². The lowest BCUT2D eigenvalue weighted by atomic mass is 10.1. The molecule has 0 saturated carbocycles. The number of benzene rings is 2. The van der Waals surface area contributed by atoms with E-state index in [0.29, 0.717) is 5.69 Å². The molecule has 0 spiro atoms. The minimum Gasteiger partial charge on any atom is -0.378 e. The second kappa shape index (κ2) is 7.62. The van der Waals surface area contributed by atoms with Crippen molar-refractivity contribution in [2.45, 2.75) is 6.92 Å². The van der Waals surface area contributed by atoms with Gasteiger partial charge in [-0.1, -0.05) is 28.1 Å². The van der Waals surface area contributed by atoms with Crippen LogP contribution in [0.4, 0.5) is 11.4 Å². The second-order valence-corrected chi connectivity index (χ2v) is 7.68. The van der Waals surface area contributed by atoms with Gasteiger partial charge in [0.05, 0.1) is 5.69 Å². The Morgan fingerprint density at radius 3 is 2.37 bits per heavy atom. The van der Waals surface area contributed by atoms with Crippen molar-refractivity contribution in [1.29, 1.82) is 0 Å². The van der Waals surface area contributed by atoms with Crippen molar-refractivity contribution in [3.8, 4) is 0 Å². The van der Waals surface area contributed by atoms with Crippen molar-refractivity contribution in [1.82, 2.24) is 5.32 Å². The van der Waals surface area contributed by atoms with E-state index in [0.717, 1.165) is 21.3 Å². The van der Waals surface area contributed by atoms with Crippen LogP contribution in [0.2, 0.25) is 0 Å². The molecule has 0 unspecified atom stereocenters. The van der Waals surface area contributed by atoms with Gasteiger partial charge in [-0.3, -0.25) is 19.8 Å². The molecule has 1 N–H and O–H groups in total. The Balaban J connectivity index is 1.99. The molecule has 0 aliphatic carbocycles. The number of nitrogens with one attached hydrogen (secondary N) is 1. The van der Waals surface area contributed by atoms with Gasteiger partial charge in [0.15, 0.2) is 5.11 Å². The first-order valence-electron chi connectivity index (χ1n) is 8.23. The van der Waals surface area contributed by atoms with Gasteiger partial charge in [0.2, 0.25) is 0 Å². The van der Waals surface area contributed by atoms with Crippen LogP contribution in [0.3, 0.4) is 0 Å². The summed E-state index contributed by atoms with van der Waals surface area (Å²) < 4.78 is 0.903. The van der Waals surface area contributed by atoms with Crippen LogP contribution in [0.15, 0.2) is 52.5 Å². The van der Waals surface area contributed by atoms with E-state index in [9.17, 15) is 9.59 Å². The summed E-state index contributed by atoms with van der Waals surface area (Å²) in [5.41, 5.74) is 3.35. The highest BCUT2D eigenvalue weighted by atomic mass is 79.9. The van der Waals surface area contributed by atoms with E-state index in [1.165, 1.54) is 4.90 Å². The SMILES string of the molecule is Cc1cc(Br)ccc1N1C(=O)/C(=C/c2ccc(N(C)C)cc2)C(=O)NC1=S. The first kappa shape index (κ1) is 19.3. The van der Waals surface area contributed by atoms with Crippen LogP contribution < -0.4 is 15.1 Å². The Morgan fingerprint density at radius 1 is 1.11 bits per heavy atom. The van der Waals surface area contributed by atoms with Crippen molar-refractivity contribution in [3.05, 3.63) is 63.6 Å². The molecule has 7 heteroatoms. The summed E-state index contributed by atoms with van der Waals surface area (Å²) in [5.74, 6) is -0.932. The van der Waals surface area contributed by atoms with Gasteiger partial charge >= 0.3 is 0 Å². The minimum absolute atomic E-state index is 0.0449. The van der Waals surface area contributed by atoms with Gasteiger partial charge in [0, 0.05) is 24.3 Å². The molecular weight excluding hydrogens is 426 g/mol. The molecule has 1 aliphatic rings. The van der Waals surface area contributed by atoms with E-state index in [1.54, 1.807) is 12.1 Å².